The second-order valence-corrected chi connectivity index (χ2v) is 5.86. The molecule has 8 heteroatoms. The quantitative estimate of drug-likeness (QED) is 0.607. The molecule has 0 aromatic heterocycles. The Morgan fingerprint density at radius 2 is 1.75 bits per heavy atom. The van der Waals surface area contributed by atoms with Crippen molar-refractivity contribution in [3.8, 4) is 0 Å². The number of thioether (sulfide) groups is 1. The molecule has 1 heterocycles. The van der Waals surface area contributed by atoms with Crippen LogP contribution in [0.3, 0.4) is 0 Å². The third kappa shape index (κ3) is 3.48. The molecule has 7 nitrogen and oxygen atoms in total. The van der Waals surface area contributed by atoms with Gasteiger partial charge in [-0.1, -0.05) is 12.1 Å². The number of carbonyl (C=O) groups excluding carboxylic acids is 4. The molecule has 126 valence electrons. The second kappa shape index (κ2) is 7.31. The number of benzene rings is 1. The maximum Gasteiger partial charge on any atom is 0.337 e. The van der Waals surface area contributed by atoms with Crippen LogP contribution >= 0.6 is 11.8 Å². The fourth-order valence-electron chi connectivity index (χ4n) is 2.07. The van der Waals surface area contributed by atoms with Gasteiger partial charge in [0, 0.05) is 0 Å². The van der Waals surface area contributed by atoms with E-state index < -0.39 is 29.1 Å². The molecule has 0 saturated carbocycles. The van der Waals surface area contributed by atoms with Crippen LogP contribution in [0.5, 0.6) is 0 Å². The lowest BCUT2D eigenvalue weighted by Gasteiger charge is -2.18. The summed E-state index contributed by atoms with van der Waals surface area (Å²) in [6.07, 6.45) is 1.52. The van der Waals surface area contributed by atoms with E-state index in [2.05, 4.69) is 9.47 Å². The number of amides is 2. The van der Waals surface area contributed by atoms with Gasteiger partial charge in [-0.2, -0.15) is 0 Å². The Kier molecular flexibility index (Phi) is 5.40. The highest BCUT2D eigenvalue weighted by molar-refractivity contribution is 8.18. The zero-order valence-corrected chi connectivity index (χ0v) is 14.1. The zero-order valence-electron chi connectivity index (χ0n) is 13.3. The molecule has 2 amide bonds. The average Bonchev–Trinajstić information content (AvgIpc) is 2.87. The molecule has 1 aliphatic heterocycles. The van der Waals surface area contributed by atoms with E-state index in [0.29, 0.717) is 11.1 Å². The van der Waals surface area contributed by atoms with Crippen LogP contribution < -0.4 is 0 Å². The van der Waals surface area contributed by atoms with Crippen LogP contribution in [0.2, 0.25) is 0 Å². The van der Waals surface area contributed by atoms with Crippen molar-refractivity contribution in [3.63, 3.8) is 0 Å². The maximum atomic E-state index is 12.3. The van der Waals surface area contributed by atoms with E-state index in [9.17, 15) is 19.2 Å². The predicted molar refractivity (Wildman–Crippen MR) is 87.1 cm³/mol. The molecule has 0 bridgehead atoms. The molecule has 0 N–H and O–H groups in total. The molecule has 0 aliphatic carbocycles. The van der Waals surface area contributed by atoms with E-state index in [1.54, 1.807) is 24.3 Å². The molecular weight excluding hydrogens is 334 g/mol. The van der Waals surface area contributed by atoms with Gasteiger partial charge in [0.05, 0.1) is 24.7 Å². The summed E-state index contributed by atoms with van der Waals surface area (Å²) in [6.45, 7) is 1.43. The first kappa shape index (κ1) is 17.7. The molecule has 1 aliphatic rings. The van der Waals surface area contributed by atoms with Crippen LogP contribution in [0, 0.1) is 0 Å². The minimum Gasteiger partial charge on any atom is -0.467 e. The van der Waals surface area contributed by atoms with Gasteiger partial charge < -0.3 is 9.47 Å². The SMILES string of the molecule is COC(=O)c1ccc(/C=C2\SC(=O)N([C@@H](C)C(=O)OC)C2=O)cc1. The lowest BCUT2D eigenvalue weighted by Crippen LogP contribution is -2.42. The summed E-state index contributed by atoms with van der Waals surface area (Å²) >= 11 is 0.747. The molecule has 1 aromatic rings. The number of carbonyl (C=O) groups is 4. The van der Waals surface area contributed by atoms with Crippen LogP contribution in [0.4, 0.5) is 4.79 Å². The molecule has 1 fully saturated rings. The zero-order chi connectivity index (χ0) is 17.9. The van der Waals surface area contributed by atoms with Gasteiger partial charge in [-0.25, -0.2) is 9.59 Å². The van der Waals surface area contributed by atoms with Crippen molar-refractivity contribution in [3.05, 3.63) is 40.3 Å². The first-order chi connectivity index (χ1) is 11.4. The number of esters is 2. The summed E-state index contributed by atoms with van der Waals surface area (Å²) in [5.74, 6) is -1.69. The number of rotatable bonds is 4. The van der Waals surface area contributed by atoms with E-state index in [0.717, 1.165) is 16.7 Å². The van der Waals surface area contributed by atoms with Crippen LogP contribution in [-0.2, 0) is 19.1 Å². The molecule has 2 rings (SSSR count). The minimum absolute atomic E-state index is 0.196. The summed E-state index contributed by atoms with van der Waals surface area (Å²) in [5, 5.41) is -0.532. The standard InChI is InChI=1S/C16H15NO6S/c1-9(14(19)22-2)17-13(18)12(24-16(17)21)8-10-4-6-11(7-5-10)15(20)23-3/h4-9H,1-3H3/b12-8-/t9-/m0/s1. The Balaban J connectivity index is 2.22. The number of hydrogen-bond acceptors (Lipinski definition) is 7. The van der Waals surface area contributed by atoms with Gasteiger partial charge in [0.2, 0.25) is 0 Å². The lowest BCUT2D eigenvalue weighted by molar-refractivity contribution is -0.148. The average molecular weight is 349 g/mol. The van der Waals surface area contributed by atoms with Crippen molar-refractivity contribution in [2.24, 2.45) is 0 Å². The summed E-state index contributed by atoms with van der Waals surface area (Å²) < 4.78 is 9.17. The Bertz CT molecular complexity index is 725. The van der Waals surface area contributed by atoms with Crippen molar-refractivity contribution < 1.29 is 28.7 Å². The van der Waals surface area contributed by atoms with Gasteiger partial charge in [-0.3, -0.25) is 14.5 Å². The first-order valence-corrected chi connectivity index (χ1v) is 7.74. The van der Waals surface area contributed by atoms with Gasteiger partial charge in [0.15, 0.2) is 0 Å². The molecule has 0 unspecified atom stereocenters. The van der Waals surface area contributed by atoms with Crippen molar-refractivity contribution >= 4 is 40.9 Å². The van der Waals surface area contributed by atoms with Gasteiger partial charge in [-0.15, -0.1) is 0 Å². The first-order valence-electron chi connectivity index (χ1n) is 6.92. The molecule has 0 radical (unpaired) electrons. The molecule has 1 aromatic carbocycles. The molecule has 1 saturated heterocycles. The van der Waals surface area contributed by atoms with E-state index in [1.165, 1.54) is 27.2 Å². The number of nitrogens with zero attached hydrogens (tertiary/aromatic N) is 1. The minimum atomic E-state index is -0.991. The van der Waals surface area contributed by atoms with E-state index in [4.69, 9.17) is 0 Å². The second-order valence-electron chi connectivity index (χ2n) is 4.86. The summed E-state index contributed by atoms with van der Waals surface area (Å²) in [4.78, 5) is 48.3. The van der Waals surface area contributed by atoms with Crippen LogP contribution in [0.15, 0.2) is 29.2 Å². The van der Waals surface area contributed by atoms with Crippen molar-refractivity contribution in [1.29, 1.82) is 0 Å². The normalized spacial score (nSPS) is 17.1. The summed E-state index contributed by atoms with van der Waals surface area (Å²) in [6, 6.07) is 5.38. The fraction of sp³-hybridized carbons (Fsp3) is 0.250. The third-order valence-electron chi connectivity index (χ3n) is 3.38. The third-order valence-corrected chi connectivity index (χ3v) is 4.27. The van der Waals surface area contributed by atoms with Gasteiger partial charge in [-0.05, 0) is 42.5 Å². The summed E-state index contributed by atoms with van der Waals surface area (Å²) in [5.41, 5.74) is 1.01. The van der Waals surface area contributed by atoms with Crippen molar-refractivity contribution in [2.45, 2.75) is 13.0 Å². The van der Waals surface area contributed by atoms with Crippen LogP contribution in [0.1, 0.15) is 22.8 Å². The number of methoxy groups -OCH3 is 2. The highest BCUT2D eigenvalue weighted by Gasteiger charge is 2.41. The van der Waals surface area contributed by atoms with Gasteiger partial charge >= 0.3 is 11.9 Å². The largest absolute Gasteiger partial charge is 0.467 e. The lowest BCUT2D eigenvalue weighted by atomic mass is 10.1. The van der Waals surface area contributed by atoms with Gasteiger partial charge in [0.1, 0.15) is 6.04 Å². The van der Waals surface area contributed by atoms with E-state index in [-0.39, 0.29) is 4.91 Å². The number of ether oxygens (including phenoxy) is 2. The highest BCUT2D eigenvalue weighted by Crippen LogP contribution is 2.33. The maximum absolute atomic E-state index is 12.3. The predicted octanol–water partition coefficient (Wildman–Crippen LogP) is 2.07. The molecular formula is C16H15NO6S. The Morgan fingerprint density at radius 3 is 2.29 bits per heavy atom. The van der Waals surface area contributed by atoms with Crippen LogP contribution in [0.25, 0.3) is 6.08 Å². The smallest absolute Gasteiger partial charge is 0.337 e. The van der Waals surface area contributed by atoms with Crippen molar-refractivity contribution in [1.82, 2.24) is 4.90 Å². The Labute approximate surface area is 142 Å². The van der Waals surface area contributed by atoms with E-state index in [1.807, 2.05) is 0 Å². The fourth-order valence-corrected chi connectivity index (χ4v) is 2.98. The van der Waals surface area contributed by atoms with Crippen molar-refractivity contribution in [2.75, 3.05) is 14.2 Å². The van der Waals surface area contributed by atoms with Gasteiger partial charge in [0.25, 0.3) is 11.1 Å². The Morgan fingerprint density at radius 1 is 1.12 bits per heavy atom. The summed E-state index contributed by atoms with van der Waals surface area (Å²) in [7, 11) is 2.48. The number of imide groups is 1. The van der Waals surface area contributed by atoms with E-state index >= 15 is 0 Å². The topological polar surface area (TPSA) is 90.0 Å². The highest BCUT2D eigenvalue weighted by atomic mass is 32.2. The van der Waals surface area contributed by atoms with Crippen LogP contribution in [-0.4, -0.2) is 48.2 Å². The molecule has 24 heavy (non-hydrogen) atoms. The monoisotopic (exact) mass is 349 g/mol. The number of hydrogen-bond donors (Lipinski definition) is 0. The molecule has 0 spiro atoms. The molecule has 1 atom stereocenters. The Hall–Kier alpha value is -2.61.